The highest BCUT2D eigenvalue weighted by Crippen LogP contribution is 2.22. The van der Waals surface area contributed by atoms with Gasteiger partial charge in [0.05, 0.1) is 19.1 Å². The number of hydrogen-bond donors (Lipinski definition) is 2. The van der Waals surface area contributed by atoms with Crippen LogP contribution in [0, 0.1) is 11.8 Å². The quantitative estimate of drug-likeness (QED) is 0.168. The summed E-state index contributed by atoms with van der Waals surface area (Å²) in [5.74, 6) is 1.21. The number of carbonyl (C=O) groups excluding carboxylic acids is 2. The zero-order valence-corrected chi connectivity index (χ0v) is 28.3. The fraction of sp³-hybridized carbons (Fsp3) is 0.514. The van der Waals surface area contributed by atoms with Crippen molar-refractivity contribution in [3.8, 4) is 0 Å². The van der Waals surface area contributed by atoms with Crippen molar-refractivity contribution >= 4 is 34.4 Å². The topological polar surface area (TPSA) is 100 Å². The number of anilines is 1. The largest absolute Gasteiger partial charge is 0.484 e. The highest BCUT2D eigenvalue weighted by molar-refractivity contribution is 7.85. The molecule has 1 heterocycles. The summed E-state index contributed by atoms with van der Waals surface area (Å²) in [6.45, 7) is 13.2. The number of benzene rings is 2. The van der Waals surface area contributed by atoms with E-state index >= 15 is 0 Å². The molecule has 2 unspecified atom stereocenters. The molecule has 0 bridgehead atoms. The van der Waals surface area contributed by atoms with Gasteiger partial charge in [-0.3, -0.25) is 9.59 Å². The predicted octanol–water partition coefficient (Wildman–Crippen LogP) is 6.83. The third-order valence-corrected chi connectivity index (χ3v) is 8.04. The average molecular weight is 625 g/mol. The van der Waals surface area contributed by atoms with Crippen LogP contribution in [-0.2, 0) is 31.7 Å². The highest BCUT2D eigenvalue weighted by atomic mass is 32.2. The summed E-state index contributed by atoms with van der Waals surface area (Å²) < 4.78 is 19.6. The molecule has 1 aliphatic heterocycles. The van der Waals surface area contributed by atoms with Crippen LogP contribution >= 0.6 is 0 Å². The summed E-state index contributed by atoms with van der Waals surface area (Å²) in [4.78, 5) is 29.7. The van der Waals surface area contributed by atoms with Crippen molar-refractivity contribution in [3.05, 3.63) is 78.0 Å². The molecule has 0 aromatic heterocycles. The number of amides is 2. The first-order valence-electron chi connectivity index (χ1n) is 15.7. The molecule has 2 atom stereocenters. The molecular weight excluding hydrogens is 572 g/mol. The summed E-state index contributed by atoms with van der Waals surface area (Å²) in [5.41, 5.74) is 3.90. The zero-order chi connectivity index (χ0) is 32.5. The molecule has 3 rings (SSSR count). The van der Waals surface area contributed by atoms with E-state index in [1.54, 1.807) is 18.3 Å². The molecule has 242 valence electrons. The molecule has 2 amide bonds. The van der Waals surface area contributed by atoms with Crippen LogP contribution in [0.3, 0.4) is 0 Å². The van der Waals surface area contributed by atoms with Gasteiger partial charge in [-0.15, -0.1) is 0 Å². The lowest BCUT2D eigenvalue weighted by atomic mass is 9.96. The van der Waals surface area contributed by atoms with Crippen molar-refractivity contribution in [3.63, 3.8) is 0 Å². The summed E-state index contributed by atoms with van der Waals surface area (Å²) in [6.07, 6.45) is 8.64. The van der Waals surface area contributed by atoms with E-state index in [0.717, 1.165) is 66.9 Å². The van der Waals surface area contributed by atoms with Crippen molar-refractivity contribution in [1.82, 2.24) is 10.2 Å². The fourth-order valence-electron chi connectivity index (χ4n) is 5.17. The maximum atomic E-state index is 12.2. The fourth-order valence-corrected chi connectivity index (χ4v) is 5.63. The van der Waals surface area contributed by atoms with Gasteiger partial charge >= 0.3 is 0 Å². The summed E-state index contributed by atoms with van der Waals surface area (Å²) in [5, 5.41) is 3.12. The number of aliphatic imine (C=N–C) groups is 1. The van der Waals surface area contributed by atoms with Crippen LogP contribution in [-0.4, -0.2) is 53.3 Å². The molecule has 2 N–H and O–H groups in total. The van der Waals surface area contributed by atoms with Crippen LogP contribution in [0.1, 0.15) is 83.4 Å². The van der Waals surface area contributed by atoms with Crippen molar-refractivity contribution in [2.24, 2.45) is 16.8 Å². The van der Waals surface area contributed by atoms with Gasteiger partial charge in [0, 0.05) is 50.0 Å². The van der Waals surface area contributed by atoms with E-state index in [4.69, 9.17) is 4.74 Å². The molecule has 0 spiro atoms. The van der Waals surface area contributed by atoms with E-state index in [1.165, 1.54) is 6.92 Å². The van der Waals surface area contributed by atoms with Crippen LogP contribution in [0.5, 0.6) is 0 Å². The molecule has 44 heavy (non-hydrogen) atoms. The number of allylic oxidation sites excluding steroid dienone is 1. The summed E-state index contributed by atoms with van der Waals surface area (Å²) in [6, 6.07) is 18.0. The van der Waals surface area contributed by atoms with Gasteiger partial charge in [-0.2, -0.15) is 0 Å². The summed E-state index contributed by atoms with van der Waals surface area (Å²) >= 11 is 0. The van der Waals surface area contributed by atoms with E-state index in [2.05, 4.69) is 42.4 Å². The molecule has 2 aromatic rings. The number of ether oxygens (including phenoxy) is 1. The molecule has 1 saturated heterocycles. The molecule has 1 aliphatic rings. The van der Waals surface area contributed by atoms with Crippen LogP contribution < -0.4 is 10.0 Å². The Kier molecular flexibility index (Phi) is 16.5. The lowest BCUT2D eigenvalue weighted by Gasteiger charge is -2.38. The number of rotatable bonds is 15. The second-order valence-electron chi connectivity index (χ2n) is 11.3. The first-order chi connectivity index (χ1) is 21.1. The molecule has 0 aliphatic carbocycles. The molecule has 8 nitrogen and oxygen atoms in total. The van der Waals surface area contributed by atoms with Gasteiger partial charge in [-0.1, -0.05) is 89.1 Å². The number of carbonyl (C=O) groups is 2. The highest BCUT2D eigenvalue weighted by Gasteiger charge is 2.34. The minimum absolute atomic E-state index is 0.0437. The maximum Gasteiger partial charge on any atom is 0.227 e. The standard InChI is InChI=1S/C19H30N2O2S.C16H22N2O2/c1-6-8-17(9-7-2)19(23-4)20-15(3)14-16-10-12-18(13-11-16)21-24(5)22;1-3-7-15(13-8-5-4-6-9-13)17-16(20)14-10-18(11-14)12(2)19/h10-13,17,21H,3,6-9,14H2,1-2,4-5H3;4-6,8-9,14-15H,3,7,10-11H2,1-2H3,(H,17,20). The van der Waals surface area contributed by atoms with Crippen LogP contribution in [0.2, 0.25) is 0 Å². The lowest BCUT2D eigenvalue weighted by Crippen LogP contribution is -2.55. The van der Waals surface area contributed by atoms with E-state index < -0.39 is 11.0 Å². The number of hydrogen-bond acceptors (Lipinski definition) is 5. The summed E-state index contributed by atoms with van der Waals surface area (Å²) in [7, 11) is 0.632. The number of nitrogens with one attached hydrogen (secondary N) is 2. The molecule has 0 radical (unpaired) electrons. The van der Waals surface area contributed by atoms with Gasteiger partial charge in [-0.25, -0.2) is 9.20 Å². The first kappa shape index (κ1) is 36.7. The van der Waals surface area contributed by atoms with Crippen LogP contribution in [0.15, 0.2) is 71.9 Å². The Hall–Kier alpha value is -3.46. The molecule has 1 fully saturated rings. The number of nitrogens with zero attached hydrogens (tertiary/aromatic N) is 2. The SMILES string of the molecule is C=C(Cc1ccc(NS(C)=O)cc1)N=C(OC)C(CCC)CCC.CCCC(NC(=O)C1CN(C(C)=O)C1)c1ccccc1. The smallest absolute Gasteiger partial charge is 0.227 e. The van der Waals surface area contributed by atoms with Gasteiger partial charge in [0.25, 0.3) is 0 Å². The minimum atomic E-state index is -1.06. The van der Waals surface area contributed by atoms with Gasteiger partial charge in [-0.05, 0) is 42.5 Å². The number of likely N-dealkylation sites (tertiary alicyclic amines) is 1. The Morgan fingerprint density at radius 1 is 1.00 bits per heavy atom. The Morgan fingerprint density at radius 3 is 2.09 bits per heavy atom. The third-order valence-electron chi connectivity index (χ3n) is 7.52. The van der Waals surface area contributed by atoms with Gasteiger partial charge in [0.15, 0.2) is 5.90 Å². The van der Waals surface area contributed by atoms with E-state index in [-0.39, 0.29) is 23.8 Å². The van der Waals surface area contributed by atoms with Crippen molar-refractivity contribution in [2.75, 3.05) is 31.2 Å². The number of methoxy groups -OCH3 is 1. The van der Waals surface area contributed by atoms with Crippen LogP contribution in [0.25, 0.3) is 0 Å². The van der Waals surface area contributed by atoms with E-state index in [9.17, 15) is 13.8 Å². The van der Waals surface area contributed by atoms with E-state index in [1.807, 2.05) is 54.6 Å². The first-order valence-corrected chi connectivity index (χ1v) is 17.3. The molecule has 9 heteroatoms. The lowest BCUT2D eigenvalue weighted by molar-refractivity contribution is -0.141. The van der Waals surface area contributed by atoms with Gasteiger partial charge < -0.3 is 19.7 Å². The predicted molar refractivity (Wildman–Crippen MR) is 183 cm³/mol. The Balaban J connectivity index is 0.000000311. The van der Waals surface area contributed by atoms with Crippen molar-refractivity contribution in [2.45, 2.75) is 78.7 Å². The Bertz CT molecular complexity index is 1220. The minimum Gasteiger partial charge on any atom is -0.484 e. The molecule has 2 aromatic carbocycles. The zero-order valence-electron chi connectivity index (χ0n) is 27.4. The van der Waals surface area contributed by atoms with Crippen LogP contribution in [0.4, 0.5) is 5.69 Å². The van der Waals surface area contributed by atoms with E-state index in [0.29, 0.717) is 25.4 Å². The second kappa shape index (κ2) is 19.7. The normalized spacial score (nSPS) is 14.5. The molecular formula is C35H52N4O4S. The maximum absolute atomic E-state index is 12.2. The second-order valence-corrected chi connectivity index (χ2v) is 12.4. The Labute approximate surface area is 267 Å². The average Bonchev–Trinajstić information content (AvgIpc) is 2.96. The van der Waals surface area contributed by atoms with Crippen molar-refractivity contribution < 1.29 is 18.5 Å². The van der Waals surface area contributed by atoms with Crippen molar-refractivity contribution in [1.29, 1.82) is 0 Å². The third kappa shape index (κ3) is 12.6. The Morgan fingerprint density at radius 2 is 1.59 bits per heavy atom. The molecule has 0 saturated carbocycles. The van der Waals surface area contributed by atoms with Gasteiger partial charge in [0.1, 0.15) is 11.0 Å². The van der Waals surface area contributed by atoms with Gasteiger partial charge in [0.2, 0.25) is 11.8 Å². The monoisotopic (exact) mass is 624 g/mol.